The summed E-state index contributed by atoms with van der Waals surface area (Å²) in [5.41, 5.74) is 4.07. The van der Waals surface area contributed by atoms with E-state index >= 15 is 0 Å². The Labute approximate surface area is 127 Å². The molecular weight excluding hydrogens is 293 g/mol. The van der Waals surface area contributed by atoms with Gasteiger partial charge in [-0.05, 0) is 36.1 Å². The molecule has 2 aromatic carbocycles. The van der Waals surface area contributed by atoms with Gasteiger partial charge in [0.25, 0.3) is 0 Å². The van der Waals surface area contributed by atoms with Crippen molar-refractivity contribution in [3.8, 4) is 0 Å². The SMILES string of the molecule is O/N=C1/CC[C@H](c2ccc(Cl)c(Cl)c2)c2ccccc21. The average Bonchev–Trinajstić information content (AvgIpc) is 2.49. The van der Waals surface area contributed by atoms with Gasteiger partial charge in [-0.2, -0.15) is 0 Å². The molecule has 0 spiro atoms. The molecule has 0 saturated carbocycles. The van der Waals surface area contributed by atoms with Crippen molar-refractivity contribution < 1.29 is 5.21 Å². The Hall–Kier alpha value is -1.51. The first kappa shape index (κ1) is 13.5. The molecule has 0 radical (unpaired) electrons. The van der Waals surface area contributed by atoms with E-state index in [4.69, 9.17) is 28.4 Å². The molecule has 102 valence electrons. The number of hydrogen-bond acceptors (Lipinski definition) is 2. The number of oxime groups is 1. The van der Waals surface area contributed by atoms with Gasteiger partial charge >= 0.3 is 0 Å². The van der Waals surface area contributed by atoms with Crippen LogP contribution < -0.4 is 0 Å². The van der Waals surface area contributed by atoms with Crippen LogP contribution in [0.3, 0.4) is 0 Å². The first-order valence-electron chi connectivity index (χ1n) is 6.46. The molecule has 0 unspecified atom stereocenters. The molecule has 1 N–H and O–H groups in total. The summed E-state index contributed by atoms with van der Waals surface area (Å²) in [5.74, 6) is 0.256. The Morgan fingerprint density at radius 1 is 1.05 bits per heavy atom. The van der Waals surface area contributed by atoms with Crippen LogP contribution >= 0.6 is 23.2 Å². The summed E-state index contributed by atoms with van der Waals surface area (Å²) in [7, 11) is 0. The van der Waals surface area contributed by atoms with Crippen LogP contribution in [0.15, 0.2) is 47.6 Å². The number of nitrogens with zero attached hydrogens (tertiary/aromatic N) is 1. The molecule has 0 fully saturated rings. The van der Waals surface area contributed by atoms with E-state index in [0.29, 0.717) is 10.0 Å². The van der Waals surface area contributed by atoms with Gasteiger partial charge < -0.3 is 5.21 Å². The van der Waals surface area contributed by atoms with Crippen molar-refractivity contribution >= 4 is 28.9 Å². The summed E-state index contributed by atoms with van der Waals surface area (Å²) >= 11 is 12.1. The van der Waals surface area contributed by atoms with Gasteiger partial charge in [0, 0.05) is 11.5 Å². The lowest BCUT2D eigenvalue weighted by Crippen LogP contribution is -2.17. The molecule has 0 aliphatic heterocycles. The molecule has 2 aromatic rings. The highest BCUT2D eigenvalue weighted by Crippen LogP contribution is 2.38. The third kappa shape index (κ3) is 2.30. The molecular formula is C16H13Cl2NO. The van der Waals surface area contributed by atoms with Gasteiger partial charge in [-0.15, -0.1) is 0 Å². The second-order valence-electron chi connectivity index (χ2n) is 4.90. The van der Waals surface area contributed by atoms with Gasteiger partial charge in [0.1, 0.15) is 0 Å². The lowest BCUT2D eigenvalue weighted by atomic mass is 9.78. The fourth-order valence-corrected chi connectivity index (χ4v) is 3.12. The Bertz CT molecular complexity index is 682. The maximum Gasteiger partial charge on any atom is 0.0871 e. The zero-order chi connectivity index (χ0) is 14.1. The van der Waals surface area contributed by atoms with Crippen molar-refractivity contribution in [2.24, 2.45) is 5.16 Å². The smallest absolute Gasteiger partial charge is 0.0871 e. The largest absolute Gasteiger partial charge is 0.411 e. The number of rotatable bonds is 1. The van der Waals surface area contributed by atoms with E-state index < -0.39 is 0 Å². The molecule has 0 aromatic heterocycles. The van der Waals surface area contributed by atoms with Crippen LogP contribution in [-0.4, -0.2) is 10.9 Å². The van der Waals surface area contributed by atoms with Crippen molar-refractivity contribution in [3.63, 3.8) is 0 Å². The van der Waals surface area contributed by atoms with Gasteiger partial charge in [0.05, 0.1) is 15.8 Å². The van der Waals surface area contributed by atoms with Crippen molar-refractivity contribution in [1.82, 2.24) is 0 Å². The minimum atomic E-state index is 0.256. The highest BCUT2D eigenvalue weighted by atomic mass is 35.5. The first-order chi connectivity index (χ1) is 9.70. The Balaban J connectivity index is 2.09. The van der Waals surface area contributed by atoms with Gasteiger partial charge in [0.15, 0.2) is 0 Å². The summed E-state index contributed by atoms with van der Waals surface area (Å²) in [5, 5.41) is 13.7. The fraction of sp³-hybridized carbons (Fsp3) is 0.188. The molecule has 4 heteroatoms. The molecule has 0 heterocycles. The van der Waals surface area contributed by atoms with Crippen LogP contribution in [0.5, 0.6) is 0 Å². The minimum Gasteiger partial charge on any atom is -0.411 e. The molecule has 0 saturated heterocycles. The van der Waals surface area contributed by atoms with E-state index in [2.05, 4.69) is 11.2 Å². The molecule has 1 atom stereocenters. The predicted octanol–water partition coefficient (Wildman–Crippen LogP) is 5.10. The predicted molar refractivity (Wildman–Crippen MR) is 82.3 cm³/mol. The molecule has 1 aliphatic rings. The third-order valence-electron chi connectivity index (χ3n) is 3.78. The average molecular weight is 306 g/mol. The van der Waals surface area contributed by atoms with Crippen LogP contribution in [0.4, 0.5) is 0 Å². The summed E-state index contributed by atoms with van der Waals surface area (Å²) in [6.07, 6.45) is 1.65. The van der Waals surface area contributed by atoms with E-state index in [1.807, 2.05) is 36.4 Å². The third-order valence-corrected chi connectivity index (χ3v) is 4.52. The number of halogens is 2. The van der Waals surface area contributed by atoms with Gasteiger partial charge in [-0.1, -0.05) is 58.7 Å². The topological polar surface area (TPSA) is 32.6 Å². The van der Waals surface area contributed by atoms with Crippen molar-refractivity contribution in [2.75, 3.05) is 0 Å². The quantitative estimate of drug-likeness (QED) is 0.577. The molecule has 20 heavy (non-hydrogen) atoms. The van der Waals surface area contributed by atoms with Gasteiger partial charge in [-0.25, -0.2) is 0 Å². The van der Waals surface area contributed by atoms with E-state index in [1.54, 1.807) is 0 Å². The standard InChI is InChI=1S/C16H13Cl2NO/c17-14-7-5-10(9-15(14)18)11-6-8-16(19-20)13-4-2-1-3-12(11)13/h1-5,7,9,11,20H,6,8H2/b19-16-/t11-/m1/s1. The number of hydrogen-bond donors (Lipinski definition) is 1. The van der Waals surface area contributed by atoms with E-state index in [9.17, 15) is 0 Å². The summed E-state index contributed by atoms with van der Waals surface area (Å²) in [6, 6.07) is 13.8. The van der Waals surface area contributed by atoms with Crippen molar-refractivity contribution in [1.29, 1.82) is 0 Å². The van der Waals surface area contributed by atoms with E-state index in [1.165, 1.54) is 5.56 Å². The molecule has 1 aliphatic carbocycles. The zero-order valence-electron chi connectivity index (χ0n) is 10.7. The first-order valence-corrected chi connectivity index (χ1v) is 7.21. The summed E-state index contributed by atoms with van der Waals surface area (Å²) < 4.78 is 0. The Morgan fingerprint density at radius 3 is 2.60 bits per heavy atom. The number of benzene rings is 2. The molecule has 0 amide bonds. The van der Waals surface area contributed by atoms with E-state index in [-0.39, 0.29) is 5.92 Å². The van der Waals surface area contributed by atoms with Crippen molar-refractivity contribution in [3.05, 3.63) is 69.2 Å². The van der Waals surface area contributed by atoms with Gasteiger partial charge in [0.2, 0.25) is 0 Å². The minimum absolute atomic E-state index is 0.256. The maximum absolute atomic E-state index is 9.12. The second kappa shape index (κ2) is 5.47. The lowest BCUT2D eigenvalue weighted by Gasteiger charge is -2.26. The Morgan fingerprint density at radius 2 is 1.85 bits per heavy atom. The van der Waals surface area contributed by atoms with Crippen molar-refractivity contribution in [2.45, 2.75) is 18.8 Å². The Kier molecular flexibility index (Phi) is 3.68. The molecule has 3 rings (SSSR count). The zero-order valence-corrected chi connectivity index (χ0v) is 12.2. The van der Waals surface area contributed by atoms with E-state index in [0.717, 1.165) is 29.7 Å². The normalized spacial score (nSPS) is 19.9. The summed E-state index contributed by atoms with van der Waals surface area (Å²) in [4.78, 5) is 0. The highest BCUT2D eigenvalue weighted by molar-refractivity contribution is 6.42. The number of fused-ring (bicyclic) bond motifs is 1. The maximum atomic E-state index is 9.12. The van der Waals surface area contributed by atoms with Crippen LogP contribution in [0.1, 0.15) is 35.4 Å². The monoisotopic (exact) mass is 305 g/mol. The molecule has 2 nitrogen and oxygen atoms in total. The fourth-order valence-electron chi connectivity index (χ4n) is 2.81. The molecule has 0 bridgehead atoms. The van der Waals surface area contributed by atoms with Crippen LogP contribution in [-0.2, 0) is 0 Å². The summed E-state index contributed by atoms with van der Waals surface area (Å²) in [6.45, 7) is 0. The second-order valence-corrected chi connectivity index (χ2v) is 5.71. The van der Waals surface area contributed by atoms with Gasteiger partial charge in [-0.3, -0.25) is 0 Å². The lowest BCUT2D eigenvalue weighted by molar-refractivity contribution is 0.317. The highest BCUT2D eigenvalue weighted by Gasteiger charge is 2.25. The van der Waals surface area contributed by atoms with Crippen LogP contribution in [0, 0.1) is 0 Å². The van der Waals surface area contributed by atoms with Crippen LogP contribution in [0.2, 0.25) is 10.0 Å². The van der Waals surface area contributed by atoms with Crippen LogP contribution in [0.25, 0.3) is 0 Å².